The molecule has 1 aliphatic rings. The predicted octanol–water partition coefficient (Wildman–Crippen LogP) is -0.441. The Balaban J connectivity index is 2.05. The quantitative estimate of drug-likeness (QED) is 0.628. The van der Waals surface area contributed by atoms with Crippen LogP contribution in [-0.4, -0.2) is 59.0 Å². The van der Waals surface area contributed by atoms with E-state index in [0.717, 1.165) is 25.8 Å². The molecule has 0 spiro atoms. The molecule has 1 aliphatic heterocycles. The van der Waals surface area contributed by atoms with Crippen molar-refractivity contribution in [2.45, 2.75) is 45.2 Å². The van der Waals surface area contributed by atoms with Gasteiger partial charge < -0.3 is 5.32 Å². The maximum Gasteiger partial charge on any atom is 0.280 e. The summed E-state index contributed by atoms with van der Waals surface area (Å²) in [5, 5.41) is 16.6. The van der Waals surface area contributed by atoms with Crippen LogP contribution in [0.25, 0.3) is 0 Å². The Morgan fingerprint density at radius 1 is 1.48 bits per heavy atom. The first-order valence-electron chi connectivity index (χ1n) is 7.27. The fourth-order valence-electron chi connectivity index (χ4n) is 2.50. The van der Waals surface area contributed by atoms with Crippen LogP contribution < -0.4 is 10.0 Å². The van der Waals surface area contributed by atoms with Crippen molar-refractivity contribution in [2.24, 2.45) is 0 Å². The minimum atomic E-state index is -3.57. The first-order valence-corrected chi connectivity index (χ1v) is 8.71. The van der Waals surface area contributed by atoms with Crippen molar-refractivity contribution in [1.29, 1.82) is 0 Å². The summed E-state index contributed by atoms with van der Waals surface area (Å²) in [5.41, 5.74) is 0. The van der Waals surface area contributed by atoms with Crippen LogP contribution in [0.1, 0.15) is 45.0 Å². The molecule has 1 aromatic rings. The molecule has 0 saturated carbocycles. The highest BCUT2D eigenvalue weighted by Gasteiger charge is 2.33. The molecular formula is C11H23N7O2S. The number of hydrogen-bond acceptors (Lipinski definition) is 6. The second-order valence-corrected chi connectivity index (χ2v) is 6.84. The Morgan fingerprint density at radius 2 is 2.29 bits per heavy atom. The molecule has 1 fully saturated rings. The summed E-state index contributed by atoms with van der Waals surface area (Å²) in [6.45, 7) is 5.76. The SMILES string of the molecule is CCNCC1CCCCN1S(=O)(=O)NC(C)c1nn[nH]n1. The van der Waals surface area contributed by atoms with E-state index in [0.29, 0.717) is 18.9 Å². The number of H-pyrrole nitrogens is 1. The van der Waals surface area contributed by atoms with E-state index in [1.54, 1.807) is 11.2 Å². The second kappa shape index (κ2) is 7.25. The Kier molecular flexibility index (Phi) is 5.62. The van der Waals surface area contributed by atoms with Crippen LogP contribution in [-0.2, 0) is 10.2 Å². The average molecular weight is 317 g/mol. The van der Waals surface area contributed by atoms with Crippen molar-refractivity contribution in [1.82, 2.24) is 35.0 Å². The summed E-state index contributed by atoms with van der Waals surface area (Å²) >= 11 is 0. The zero-order chi connectivity index (χ0) is 15.3. The van der Waals surface area contributed by atoms with E-state index in [4.69, 9.17) is 0 Å². The van der Waals surface area contributed by atoms with Gasteiger partial charge in [-0.15, -0.1) is 10.2 Å². The minimum Gasteiger partial charge on any atom is -0.315 e. The zero-order valence-corrected chi connectivity index (χ0v) is 13.2. The van der Waals surface area contributed by atoms with Gasteiger partial charge in [-0.25, -0.2) is 0 Å². The van der Waals surface area contributed by atoms with E-state index < -0.39 is 16.3 Å². The molecule has 0 bridgehead atoms. The molecule has 1 aromatic heterocycles. The Morgan fingerprint density at radius 3 is 2.95 bits per heavy atom. The van der Waals surface area contributed by atoms with Gasteiger partial charge in [-0.05, 0) is 26.3 Å². The molecule has 10 heteroatoms. The van der Waals surface area contributed by atoms with E-state index in [-0.39, 0.29) is 6.04 Å². The number of likely N-dealkylation sites (N-methyl/N-ethyl adjacent to an activating group) is 1. The maximum atomic E-state index is 12.6. The van der Waals surface area contributed by atoms with Crippen LogP contribution in [0.5, 0.6) is 0 Å². The molecule has 9 nitrogen and oxygen atoms in total. The molecule has 120 valence electrons. The number of aromatic nitrogens is 4. The lowest BCUT2D eigenvalue weighted by atomic mass is 10.1. The lowest BCUT2D eigenvalue weighted by molar-refractivity contribution is 0.242. The smallest absolute Gasteiger partial charge is 0.280 e. The number of tetrazole rings is 1. The third-order valence-corrected chi connectivity index (χ3v) is 5.34. The van der Waals surface area contributed by atoms with E-state index >= 15 is 0 Å². The van der Waals surface area contributed by atoms with Crippen molar-refractivity contribution >= 4 is 10.2 Å². The molecular weight excluding hydrogens is 294 g/mol. The van der Waals surface area contributed by atoms with Gasteiger partial charge in [0.1, 0.15) is 0 Å². The molecule has 3 N–H and O–H groups in total. The fourth-order valence-corrected chi connectivity index (χ4v) is 4.13. The van der Waals surface area contributed by atoms with Gasteiger partial charge in [0.05, 0.1) is 6.04 Å². The molecule has 2 rings (SSSR count). The molecule has 2 heterocycles. The average Bonchev–Trinajstić information content (AvgIpc) is 2.99. The van der Waals surface area contributed by atoms with E-state index in [1.165, 1.54) is 0 Å². The van der Waals surface area contributed by atoms with Crippen LogP contribution in [0, 0.1) is 0 Å². The standard InChI is InChI=1S/C11H23N7O2S/c1-3-12-8-10-6-4-5-7-18(10)21(19,20)15-9(2)11-13-16-17-14-11/h9-10,12,15H,3-8H2,1-2H3,(H,13,14,16,17). The van der Waals surface area contributed by atoms with Crippen LogP contribution in [0.4, 0.5) is 0 Å². The molecule has 0 amide bonds. The Bertz CT molecular complexity index is 519. The van der Waals surface area contributed by atoms with Gasteiger partial charge in [0.2, 0.25) is 0 Å². The highest BCUT2D eigenvalue weighted by Crippen LogP contribution is 2.20. The van der Waals surface area contributed by atoms with Crippen molar-refractivity contribution in [3.05, 3.63) is 5.82 Å². The number of hydrogen-bond donors (Lipinski definition) is 3. The van der Waals surface area contributed by atoms with Gasteiger partial charge in [-0.1, -0.05) is 18.6 Å². The van der Waals surface area contributed by atoms with Crippen molar-refractivity contribution < 1.29 is 8.42 Å². The molecule has 0 aliphatic carbocycles. The third-order valence-electron chi connectivity index (χ3n) is 3.59. The lowest BCUT2D eigenvalue weighted by Gasteiger charge is -2.35. The lowest BCUT2D eigenvalue weighted by Crippen LogP contribution is -2.52. The molecule has 2 atom stereocenters. The third kappa shape index (κ3) is 4.19. The van der Waals surface area contributed by atoms with Crippen molar-refractivity contribution in [3.8, 4) is 0 Å². The van der Waals surface area contributed by atoms with E-state index in [2.05, 4.69) is 30.7 Å². The molecule has 0 radical (unpaired) electrons. The second-order valence-electron chi connectivity index (χ2n) is 5.18. The van der Waals surface area contributed by atoms with Gasteiger partial charge in [-0.2, -0.15) is 22.7 Å². The van der Waals surface area contributed by atoms with Crippen LogP contribution in [0.3, 0.4) is 0 Å². The number of rotatable bonds is 7. The number of aromatic amines is 1. The normalized spacial score (nSPS) is 22.3. The summed E-state index contributed by atoms with van der Waals surface area (Å²) in [6.07, 6.45) is 2.83. The van der Waals surface area contributed by atoms with Crippen molar-refractivity contribution in [2.75, 3.05) is 19.6 Å². The molecule has 0 aromatic carbocycles. The highest BCUT2D eigenvalue weighted by molar-refractivity contribution is 7.87. The fraction of sp³-hybridized carbons (Fsp3) is 0.909. The first-order chi connectivity index (χ1) is 10.0. The molecule has 1 saturated heterocycles. The Labute approximate surface area is 125 Å². The zero-order valence-electron chi connectivity index (χ0n) is 12.4. The van der Waals surface area contributed by atoms with Gasteiger partial charge in [0.25, 0.3) is 10.2 Å². The van der Waals surface area contributed by atoms with Crippen LogP contribution in [0.2, 0.25) is 0 Å². The van der Waals surface area contributed by atoms with Gasteiger partial charge in [0, 0.05) is 19.1 Å². The van der Waals surface area contributed by atoms with E-state index in [1.807, 2.05) is 6.92 Å². The summed E-state index contributed by atoms with van der Waals surface area (Å²) in [5.74, 6) is 0.332. The van der Waals surface area contributed by atoms with Crippen LogP contribution in [0.15, 0.2) is 0 Å². The number of nitrogens with one attached hydrogen (secondary N) is 3. The van der Waals surface area contributed by atoms with Gasteiger partial charge in [-0.3, -0.25) is 0 Å². The predicted molar refractivity (Wildman–Crippen MR) is 77.5 cm³/mol. The summed E-state index contributed by atoms with van der Waals surface area (Å²) in [4.78, 5) is 0. The first kappa shape index (κ1) is 16.3. The largest absolute Gasteiger partial charge is 0.315 e. The van der Waals surface area contributed by atoms with Gasteiger partial charge >= 0.3 is 0 Å². The minimum absolute atomic E-state index is 0.00586. The highest BCUT2D eigenvalue weighted by atomic mass is 32.2. The van der Waals surface area contributed by atoms with Crippen molar-refractivity contribution in [3.63, 3.8) is 0 Å². The molecule has 21 heavy (non-hydrogen) atoms. The van der Waals surface area contributed by atoms with Gasteiger partial charge in [0.15, 0.2) is 5.82 Å². The molecule has 2 unspecified atom stereocenters. The van der Waals surface area contributed by atoms with E-state index in [9.17, 15) is 8.42 Å². The summed E-state index contributed by atoms with van der Waals surface area (Å²) in [7, 11) is -3.57. The topological polar surface area (TPSA) is 116 Å². The summed E-state index contributed by atoms with van der Waals surface area (Å²) in [6, 6.07) is -0.524. The maximum absolute atomic E-state index is 12.6. The Hall–Kier alpha value is -1.10. The summed E-state index contributed by atoms with van der Waals surface area (Å²) < 4.78 is 29.3. The monoisotopic (exact) mass is 317 g/mol. The number of piperidine rings is 1. The van der Waals surface area contributed by atoms with Crippen LogP contribution >= 0.6 is 0 Å². The number of nitrogens with zero attached hydrogens (tertiary/aromatic N) is 4.